The maximum atomic E-state index is 10.7. The first-order chi connectivity index (χ1) is 17.2. The molecule has 6 heteroatoms. The van der Waals surface area contributed by atoms with Gasteiger partial charge in [0.05, 0.1) is 29.2 Å². The molecule has 6 nitrogen and oxygen atoms in total. The Morgan fingerprint density at radius 2 is 1.94 bits per heavy atom. The highest BCUT2D eigenvalue weighted by Crippen LogP contribution is 2.32. The van der Waals surface area contributed by atoms with Crippen LogP contribution in [0.2, 0.25) is 0 Å². The molecule has 0 unspecified atom stereocenters. The fourth-order valence-electron chi connectivity index (χ4n) is 4.57. The van der Waals surface area contributed by atoms with E-state index in [0.29, 0.717) is 19.5 Å². The molecule has 35 heavy (non-hydrogen) atoms. The second kappa shape index (κ2) is 12.7. The van der Waals surface area contributed by atoms with E-state index in [1.807, 2.05) is 71.4 Å². The normalized spacial score (nSPS) is 16.5. The molecule has 4 rings (SSSR count). The number of aromatic nitrogens is 2. The quantitative estimate of drug-likeness (QED) is 0.329. The maximum absolute atomic E-state index is 10.7. The Balaban J connectivity index is 1.68. The molecule has 1 fully saturated rings. The third kappa shape index (κ3) is 6.82. The average Bonchev–Trinajstić information content (AvgIpc) is 3.52. The van der Waals surface area contributed by atoms with Gasteiger partial charge in [-0.15, -0.1) is 6.58 Å². The number of hydrogen-bond donors (Lipinski definition) is 1. The second-order valence-electron chi connectivity index (χ2n) is 9.10. The Morgan fingerprint density at radius 1 is 1.20 bits per heavy atom. The number of para-hydroxylation sites is 2. The van der Waals surface area contributed by atoms with E-state index in [-0.39, 0.29) is 6.10 Å². The van der Waals surface area contributed by atoms with E-state index in [9.17, 15) is 5.11 Å². The Labute approximate surface area is 208 Å². The molecule has 2 heterocycles. The summed E-state index contributed by atoms with van der Waals surface area (Å²) in [5.41, 5.74) is 3.00. The predicted octanol–water partition coefficient (Wildman–Crippen LogP) is 5.54. The van der Waals surface area contributed by atoms with Gasteiger partial charge in [-0.05, 0) is 56.4 Å². The molecule has 2 aromatic carbocycles. The Morgan fingerprint density at radius 3 is 2.60 bits per heavy atom. The molecule has 1 aromatic heterocycles. The van der Waals surface area contributed by atoms with Crippen LogP contribution in [0.4, 0.5) is 0 Å². The molecule has 1 N–H and O–H groups in total. The van der Waals surface area contributed by atoms with Gasteiger partial charge in [0, 0.05) is 26.2 Å². The van der Waals surface area contributed by atoms with Crippen molar-refractivity contribution in [1.82, 2.24) is 14.7 Å². The van der Waals surface area contributed by atoms with E-state index in [4.69, 9.17) is 14.6 Å². The first-order valence-electron chi connectivity index (χ1n) is 12.7. The van der Waals surface area contributed by atoms with E-state index < -0.39 is 6.10 Å². The number of aliphatic hydroxyl groups excluding tert-OH is 1. The summed E-state index contributed by atoms with van der Waals surface area (Å²) in [6.45, 7) is 8.70. The van der Waals surface area contributed by atoms with Crippen molar-refractivity contribution in [3.63, 3.8) is 0 Å². The van der Waals surface area contributed by atoms with Crippen LogP contribution >= 0.6 is 0 Å². The lowest BCUT2D eigenvalue weighted by atomic mass is 10.1. The third-order valence-corrected chi connectivity index (χ3v) is 6.35. The van der Waals surface area contributed by atoms with Gasteiger partial charge in [-0.2, -0.15) is 5.10 Å². The van der Waals surface area contributed by atoms with Crippen LogP contribution in [0.15, 0.2) is 73.3 Å². The molecule has 186 valence electrons. The van der Waals surface area contributed by atoms with E-state index in [1.165, 1.54) is 0 Å². The van der Waals surface area contributed by atoms with Crippen LogP contribution in [0.1, 0.15) is 43.9 Å². The average molecular weight is 476 g/mol. The molecule has 0 aliphatic carbocycles. The highest BCUT2D eigenvalue weighted by atomic mass is 16.5. The van der Waals surface area contributed by atoms with Gasteiger partial charge in [0.2, 0.25) is 5.88 Å². The van der Waals surface area contributed by atoms with Gasteiger partial charge in [-0.25, -0.2) is 4.68 Å². The number of aliphatic hydroxyl groups is 1. The molecular weight excluding hydrogens is 438 g/mol. The van der Waals surface area contributed by atoms with Crippen molar-refractivity contribution in [2.24, 2.45) is 0 Å². The summed E-state index contributed by atoms with van der Waals surface area (Å²) in [7, 11) is 0. The lowest BCUT2D eigenvalue weighted by Gasteiger charge is -2.27. The predicted molar refractivity (Wildman–Crippen MR) is 139 cm³/mol. The lowest BCUT2D eigenvalue weighted by molar-refractivity contribution is 0.0441. The first-order valence-corrected chi connectivity index (χ1v) is 12.7. The SMILES string of the molecule is C=CCC[C@H](O)CN(Cc1c(CC)nn(-c2ccccc2)c1Oc1ccccc1)C[C@H]1CCCO1. The van der Waals surface area contributed by atoms with Gasteiger partial charge in [0.15, 0.2) is 0 Å². The zero-order valence-electron chi connectivity index (χ0n) is 20.7. The van der Waals surface area contributed by atoms with Crippen molar-refractivity contribution < 1.29 is 14.6 Å². The molecule has 1 aliphatic rings. The minimum absolute atomic E-state index is 0.189. The molecule has 0 amide bonds. The number of ether oxygens (including phenoxy) is 2. The standard InChI is InChI=1S/C29H37N3O3/c1-3-5-15-24(33)20-31(21-26-18-12-19-34-26)22-27-28(4-2)30-32(23-13-8-6-9-14-23)29(27)35-25-16-10-7-11-17-25/h3,6-11,13-14,16-17,24,26,33H,1,4-5,12,15,18-22H2,2H3/t24-,26+/m0/s1. The lowest BCUT2D eigenvalue weighted by Crippen LogP contribution is -2.37. The van der Waals surface area contributed by atoms with Crippen molar-refractivity contribution in [1.29, 1.82) is 0 Å². The molecule has 0 spiro atoms. The van der Waals surface area contributed by atoms with E-state index in [2.05, 4.69) is 18.4 Å². The number of rotatable bonds is 13. The van der Waals surface area contributed by atoms with Gasteiger partial charge in [0.1, 0.15) is 5.75 Å². The smallest absolute Gasteiger partial charge is 0.227 e. The summed E-state index contributed by atoms with van der Waals surface area (Å²) in [6, 6.07) is 19.9. The first kappa shape index (κ1) is 25.2. The highest BCUT2D eigenvalue weighted by molar-refractivity contribution is 5.43. The minimum Gasteiger partial charge on any atom is -0.439 e. The summed E-state index contributed by atoms with van der Waals surface area (Å²) in [4.78, 5) is 2.30. The fraction of sp³-hybridized carbons (Fsp3) is 0.414. The van der Waals surface area contributed by atoms with Crippen LogP contribution in [0, 0.1) is 0 Å². The van der Waals surface area contributed by atoms with Crippen molar-refractivity contribution >= 4 is 0 Å². The van der Waals surface area contributed by atoms with Crippen LogP contribution in [0.5, 0.6) is 11.6 Å². The van der Waals surface area contributed by atoms with Gasteiger partial charge in [-0.3, -0.25) is 4.90 Å². The van der Waals surface area contributed by atoms with Crippen LogP contribution in [-0.2, 0) is 17.7 Å². The molecular formula is C29H37N3O3. The molecule has 3 aromatic rings. The second-order valence-corrected chi connectivity index (χ2v) is 9.10. The summed E-state index contributed by atoms with van der Waals surface area (Å²) >= 11 is 0. The van der Waals surface area contributed by atoms with Crippen LogP contribution < -0.4 is 4.74 Å². The summed E-state index contributed by atoms with van der Waals surface area (Å²) in [5.74, 6) is 1.49. The van der Waals surface area contributed by atoms with Crippen molar-refractivity contribution in [3.05, 3.63) is 84.6 Å². The molecule has 0 saturated carbocycles. The highest BCUT2D eigenvalue weighted by Gasteiger charge is 2.26. The zero-order valence-corrected chi connectivity index (χ0v) is 20.7. The largest absolute Gasteiger partial charge is 0.439 e. The maximum Gasteiger partial charge on any atom is 0.227 e. The van der Waals surface area contributed by atoms with Crippen LogP contribution in [0.3, 0.4) is 0 Å². The molecule has 0 bridgehead atoms. The summed E-state index contributed by atoms with van der Waals surface area (Å²) < 4.78 is 14.3. The zero-order chi connectivity index (χ0) is 24.5. The van der Waals surface area contributed by atoms with Crippen molar-refractivity contribution in [2.75, 3.05) is 19.7 Å². The Kier molecular flexibility index (Phi) is 9.12. The van der Waals surface area contributed by atoms with Gasteiger partial charge >= 0.3 is 0 Å². The van der Waals surface area contributed by atoms with Crippen molar-refractivity contribution in [3.8, 4) is 17.3 Å². The van der Waals surface area contributed by atoms with Crippen molar-refractivity contribution in [2.45, 2.75) is 57.8 Å². The Hall–Kier alpha value is -2.93. The van der Waals surface area contributed by atoms with Crippen LogP contribution in [-0.4, -0.2) is 51.7 Å². The number of hydrogen-bond acceptors (Lipinski definition) is 5. The third-order valence-electron chi connectivity index (χ3n) is 6.35. The van der Waals surface area contributed by atoms with E-state index in [0.717, 1.165) is 67.4 Å². The molecule has 1 aliphatic heterocycles. The number of allylic oxidation sites excluding steroid dienone is 1. The molecule has 0 radical (unpaired) electrons. The van der Waals surface area contributed by atoms with Gasteiger partial charge in [-0.1, -0.05) is 49.4 Å². The number of benzene rings is 2. The topological polar surface area (TPSA) is 59.8 Å². The van der Waals surface area contributed by atoms with E-state index >= 15 is 0 Å². The number of aryl methyl sites for hydroxylation is 1. The minimum atomic E-state index is -0.429. The Bertz CT molecular complexity index is 1050. The molecule has 2 atom stereocenters. The van der Waals surface area contributed by atoms with E-state index in [1.54, 1.807) is 0 Å². The van der Waals surface area contributed by atoms with Crippen LogP contribution in [0.25, 0.3) is 5.69 Å². The fourth-order valence-corrected chi connectivity index (χ4v) is 4.57. The molecule has 1 saturated heterocycles. The van der Waals surface area contributed by atoms with Gasteiger partial charge < -0.3 is 14.6 Å². The summed E-state index contributed by atoms with van der Waals surface area (Å²) in [6.07, 6.45) is 6.04. The number of nitrogens with zero attached hydrogens (tertiary/aromatic N) is 3. The summed E-state index contributed by atoms with van der Waals surface area (Å²) in [5, 5.41) is 15.7. The monoisotopic (exact) mass is 475 g/mol. The van der Waals surface area contributed by atoms with Gasteiger partial charge in [0.25, 0.3) is 0 Å².